The van der Waals surface area contributed by atoms with Crippen molar-refractivity contribution in [3.8, 4) is 24.7 Å². The molecule has 0 saturated heterocycles. The smallest absolute Gasteiger partial charge is 0.870 e. The molecule has 0 aliphatic rings. The van der Waals surface area contributed by atoms with E-state index in [-0.39, 0.29) is 60.3 Å². The summed E-state index contributed by atoms with van der Waals surface area (Å²) in [5, 5.41) is 17.6. The van der Waals surface area contributed by atoms with Crippen LogP contribution in [0.25, 0.3) is 0 Å². The average molecular weight is 409 g/mol. The number of carbonyl (C=O) groups is 4. The zero-order valence-electron chi connectivity index (χ0n) is 13.7. The molecule has 0 unspecified atom stereocenters. The number of carbonyl (C=O) groups excluding carboxylic acids is 2. The number of halogens is 1. The van der Waals surface area contributed by atoms with Gasteiger partial charge in [-0.05, 0) is 0 Å². The second-order valence-corrected chi connectivity index (χ2v) is 3.16. The van der Waals surface area contributed by atoms with E-state index in [2.05, 4.69) is 27.0 Å². The van der Waals surface area contributed by atoms with Gasteiger partial charge in [0.05, 0.1) is 6.54 Å². The molecule has 26 heavy (non-hydrogen) atoms. The summed E-state index contributed by atoms with van der Waals surface area (Å²) in [6.07, 6.45) is 8.62. The van der Waals surface area contributed by atoms with E-state index in [0.717, 1.165) is 0 Å². The van der Waals surface area contributed by atoms with Gasteiger partial charge < -0.3 is 41.7 Å². The van der Waals surface area contributed by atoms with Gasteiger partial charge in [-0.2, -0.15) is 0 Å². The van der Waals surface area contributed by atoms with E-state index < -0.39 is 30.0 Å². The third-order valence-corrected chi connectivity index (χ3v) is 1.22. The summed E-state index contributed by atoms with van der Waals surface area (Å²) in [5.74, 6) is 2.02. The third-order valence-electron chi connectivity index (χ3n) is 1.11. The Balaban J connectivity index is -0.0000000586. The summed E-state index contributed by atoms with van der Waals surface area (Å²) >= 11 is 4.70. The van der Waals surface area contributed by atoms with E-state index >= 15 is 0 Å². The number of carboxylic acids is 2. The van der Waals surface area contributed by atoms with Crippen molar-refractivity contribution in [2.24, 2.45) is 5.73 Å². The Kier molecular flexibility index (Phi) is 46.4. The fourth-order valence-corrected chi connectivity index (χ4v) is 0.459. The quantitative estimate of drug-likeness (QED) is 0.193. The molecular formula is C12H18ClN2NaO10. The molecule has 0 saturated carbocycles. The summed E-state index contributed by atoms with van der Waals surface area (Å²) in [6.45, 7) is -0.961. The molecule has 0 aromatic heterocycles. The van der Waals surface area contributed by atoms with Crippen LogP contribution in [-0.2, 0) is 19.1 Å². The molecule has 0 atom stereocenters. The normalized spacial score (nSPS) is 6.62. The zero-order chi connectivity index (χ0) is 18.7. The predicted octanol–water partition coefficient (Wildman–Crippen LogP) is -4.54. The maximum absolute atomic E-state index is 10.4. The molecule has 0 bridgehead atoms. The van der Waals surface area contributed by atoms with Gasteiger partial charge in [-0.25, -0.2) is 9.59 Å². The number of nitrogens with two attached hydrogens (primary N) is 1. The van der Waals surface area contributed by atoms with Crippen molar-refractivity contribution < 1.29 is 79.4 Å². The fraction of sp³-hybridized carbons (Fsp3) is 0.333. The Hall–Kier alpha value is -2.03. The molecule has 0 aromatic carbocycles. The van der Waals surface area contributed by atoms with Crippen LogP contribution in [0.2, 0.25) is 0 Å². The molecule has 0 spiro atoms. The number of terminal acetylenes is 2. The maximum atomic E-state index is 10.4. The van der Waals surface area contributed by atoms with Gasteiger partial charge in [-0.3, -0.25) is 9.59 Å². The van der Waals surface area contributed by atoms with Crippen molar-refractivity contribution in [1.82, 2.24) is 5.32 Å². The van der Waals surface area contributed by atoms with Crippen molar-refractivity contribution in [3.63, 3.8) is 0 Å². The number of hydrogen-bond acceptors (Lipinski definition) is 8. The first-order valence-electron chi connectivity index (χ1n) is 5.44. The first-order chi connectivity index (χ1) is 10.7. The fourth-order valence-electron chi connectivity index (χ4n) is 0.404. The largest absolute Gasteiger partial charge is 1.00 e. The summed E-state index contributed by atoms with van der Waals surface area (Å²) in [4.78, 5) is 39.2. The number of carboxylic acid groups (broad SMARTS) is 2. The van der Waals surface area contributed by atoms with Gasteiger partial charge in [0.2, 0.25) is 0 Å². The van der Waals surface area contributed by atoms with Crippen LogP contribution in [0, 0.1) is 24.7 Å². The Morgan fingerprint density at radius 2 is 1.42 bits per heavy atom. The van der Waals surface area contributed by atoms with Crippen molar-refractivity contribution in [2.75, 3.05) is 26.3 Å². The first-order valence-corrected chi connectivity index (χ1v) is 5.82. The van der Waals surface area contributed by atoms with E-state index in [1.165, 1.54) is 0 Å². The number of ether oxygens (including phenoxy) is 2. The van der Waals surface area contributed by atoms with E-state index in [0.29, 0.717) is 0 Å². The number of alkyl carbamates (subject to hydrolysis) is 1. The van der Waals surface area contributed by atoms with Crippen LogP contribution in [0.15, 0.2) is 0 Å². The molecule has 0 aliphatic carbocycles. The van der Waals surface area contributed by atoms with Crippen molar-refractivity contribution in [1.29, 1.82) is 0 Å². The number of amides is 1. The number of rotatable bonds is 5. The second-order valence-electron chi connectivity index (χ2n) is 2.86. The molecule has 8 N–H and O–H groups in total. The first kappa shape index (κ1) is 39.2. The minimum absolute atomic E-state index is 0. The molecule has 1 amide bonds. The molecule has 0 aliphatic heterocycles. The average Bonchev–Trinajstić information content (AvgIpc) is 2.49. The van der Waals surface area contributed by atoms with Crippen LogP contribution in [0.5, 0.6) is 0 Å². The van der Waals surface area contributed by atoms with Crippen LogP contribution >= 0.6 is 11.6 Å². The molecule has 0 radical (unpaired) electrons. The Bertz CT molecular complexity index is 476. The minimum atomic E-state index is -1.14. The van der Waals surface area contributed by atoms with Gasteiger partial charge in [0.25, 0.3) is 0 Å². The predicted molar refractivity (Wildman–Crippen MR) is 84.1 cm³/mol. The third kappa shape index (κ3) is 57.4. The topological polar surface area (TPSA) is 227 Å². The van der Waals surface area contributed by atoms with Crippen molar-refractivity contribution in [2.45, 2.75) is 0 Å². The van der Waals surface area contributed by atoms with Gasteiger partial charge in [0.1, 0.15) is 6.54 Å². The molecule has 0 rings (SSSR count). The van der Waals surface area contributed by atoms with Gasteiger partial charge in [0.15, 0.2) is 13.2 Å². The molecule has 144 valence electrons. The molecule has 14 heteroatoms. The zero-order valence-corrected chi connectivity index (χ0v) is 16.5. The Morgan fingerprint density at radius 3 is 1.65 bits per heavy atom. The van der Waals surface area contributed by atoms with Crippen LogP contribution in [-0.4, -0.2) is 70.9 Å². The van der Waals surface area contributed by atoms with Gasteiger partial charge >= 0.3 is 53.0 Å². The number of nitrogens with one attached hydrogen (secondary N) is 1. The second kappa shape index (κ2) is 30.8. The number of hydrogen-bond donors (Lipinski definition) is 4. The van der Waals surface area contributed by atoms with E-state index in [1.807, 2.05) is 5.32 Å². The SMILES string of the molecule is C#CCOC(=O)Cl.C#CCOC(=O)NCC(=O)O.NCC(=O)O.O.[Na+].[OH-]. The molecule has 0 heterocycles. The monoisotopic (exact) mass is 408 g/mol. The molecule has 12 nitrogen and oxygen atoms in total. The van der Waals surface area contributed by atoms with Crippen LogP contribution < -0.4 is 40.6 Å². The van der Waals surface area contributed by atoms with Crippen LogP contribution in [0.1, 0.15) is 0 Å². The van der Waals surface area contributed by atoms with E-state index in [1.54, 1.807) is 0 Å². The minimum Gasteiger partial charge on any atom is -0.870 e. The van der Waals surface area contributed by atoms with Gasteiger partial charge in [-0.1, -0.05) is 11.8 Å². The van der Waals surface area contributed by atoms with Crippen LogP contribution in [0.3, 0.4) is 0 Å². The van der Waals surface area contributed by atoms with E-state index in [4.69, 9.17) is 34.7 Å². The van der Waals surface area contributed by atoms with Crippen molar-refractivity contribution >= 4 is 35.1 Å². The van der Waals surface area contributed by atoms with Crippen LogP contribution in [0.4, 0.5) is 9.59 Å². The summed E-state index contributed by atoms with van der Waals surface area (Å²) < 4.78 is 8.37. The van der Waals surface area contributed by atoms with Gasteiger partial charge in [0, 0.05) is 11.6 Å². The number of aliphatic carboxylic acids is 2. The van der Waals surface area contributed by atoms with E-state index in [9.17, 15) is 19.2 Å². The standard InChI is InChI=1S/C6H7NO4.C4H3ClO2.C2H5NO2.Na.2H2O/c1-2-3-11-6(10)7-4-5(8)9;1-2-3-7-4(5)6;3-1-2(4)5;;;/h1H,3-4H2,(H,7,10)(H,8,9);1H,3H2;1,3H2,(H,4,5);;2*1H2/q;;;+1;;/p-1. The Labute approximate surface area is 176 Å². The summed E-state index contributed by atoms with van der Waals surface area (Å²) in [7, 11) is 0. The van der Waals surface area contributed by atoms with Crippen molar-refractivity contribution in [3.05, 3.63) is 0 Å². The molecular weight excluding hydrogens is 391 g/mol. The molecule has 0 fully saturated rings. The van der Waals surface area contributed by atoms with Gasteiger partial charge in [-0.15, -0.1) is 12.8 Å². The Morgan fingerprint density at radius 1 is 1.04 bits per heavy atom. The maximum Gasteiger partial charge on any atom is 1.00 e. The summed E-state index contributed by atoms with van der Waals surface area (Å²) in [6, 6.07) is 0. The summed E-state index contributed by atoms with van der Waals surface area (Å²) in [5.41, 5.74) is 3.71. The molecule has 0 aromatic rings.